The molecule has 8 heteroatoms. The van der Waals surface area contributed by atoms with Crippen molar-refractivity contribution < 1.29 is 0 Å². The van der Waals surface area contributed by atoms with Gasteiger partial charge in [0.05, 0.1) is 0 Å². The first-order valence-electron chi connectivity index (χ1n) is 37.8. The minimum Gasteiger partial charge on any atom is -0.264 e. The van der Waals surface area contributed by atoms with E-state index in [0.29, 0.717) is 34.9 Å². The number of pyridine rings is 2. The Balaban J connectivity index is 0.651. The van der Waals surface area contributed by atoms with Crippen LogP contribution in [0.5, 0.6) is 0 Å². The predicted octanol–water partition coefficient (Wildman–Crippen LogP) is 26.4. The van der Waals surface area contributed by atoms with Gasteiger partial charge in [-0.05, 0) is 191 Å². The summed E-state index contributed by atoms with van der Waals surface area (Å²) in [6.07, 6.45) is 7.54. The minimum atomic E-state index is 0.544. The van der Waals surface area contributed by atoms with Gasteiger partial charge in [-0.3, -0.25) is 9.97 Å². The molecular weight excluding hydrogens is 1360 g/mol. The van der Waals surface area contributed by atoms with Gasteiger partial charge < -0.3 is 0 Å². The van der Waals surface area contributed by atoms with Gasteiger partial charge in [-0.25, -0.2) is 29.9 Å². The second-order valence-electron chi connectivity index (χ2n) is 28.8. The Bertz CT molecular complexity index is 7010. The third-order valence-corrected chi connectivity index (χ3v) is 22.4. The molecule has 4 aromatic heterocycles. The summed E-state index contributed by atoms with van der Waals surface area (Å²) in [7, 11) is 0. The molecule has 2 aliphatic rings. The molecule has 0 bridgehead atoms. The Kier molecular flexibility index (Phi) is 15.1. The van der Waals surface area contributed by atoms with E-state index in [4.69, 9.17) is 34.9 Å². The number of hydrogen-bond donors (Lipinski definition) is 0. The maximum Gasteiger partial charge on any atom is 0.164 e. The molecule has 20 aromatic rings. The van der Waals surface area contributed by atoms with Crippen molar-refractivity contribution in [1.82, 2.24) is 39.9 Å². The fraction of sp³-hybridized carbons (Fsp3) is 0. The zero-order valence-corrected chi connectivity index (χ0v) is 60.4. The van der Waals surface area contributed by atoms with E-state index in [9.17, 15) is 0 Å². The maximum atomic E-state index is 5.52. The lowest BCUT2D eigenvalue weighted by molar-refractivity contribution is 1.08. The molecule has 8 nitrogen and oxygen atoms in total. The third-order valence-electron chi connectivity index (χ3n) is 22.4. The van der Waals surface area contributed by atoms with Gasteiger partial charge in [0, 0.05) is 69.3 Å². The monoisotopic (exact) mass is 1420 g/mol. The van der Waals surface area contributed by atoms with Crippen LogP contribution in [0.3, 0.4) is 0 Å². The van der Waals surface area contributed by atoms with Gasteiger partial charge >= 0.3 is 0 Å². The highest BCUT2D eigenvalue weighted by atomic mass is 15.0. The molecule has 0 saturated heterocycles. The normalized spacial score (nSPS) is 11.8. The van der Waals surface area contributed by atoms with E-state index in [0.717, 1.165) is 77.5 Å². The quantitative estimate of drug-likeness (QED) is 0.112. The molecule has 0 atom stereocenters. The Morgan fingerprint density at radius 3 is 0.812 bits per heavy atom. The average molecular weight is 1420 g/mol. The lowest BCUT2D eigenvalue weighted by atomic mass is 9.82. The van der Waals surface area contributed by atoms with Crippen molar-refractivity contribution in [2.24, 2.45) is 0 Å². The van der Waals surface area contributed by atoms with Gasteiger partial charge in [-0.1, -0.05) is 315 Å². The molecule has 0 unspecified atom stereocenters. The molecule has 0 fully saturated rings. The summed E-state index contributed by atoms with van der Waals surface area (Å²) in [4.78, 5) is 41.9. The minimum absolute atomic E-state index is 0.544. The van der Waals surface area contributed by atoms with E-state index in [1.807, 2.05) is 42.9 Å². The summed E-state index contributed by atoms with van der Waals surface area (Å²) in [5.41, 5.74) is 30.4. The first-order valence-corrected chi connectivity index (χ1v) is 37.8. The fourth-order valence-corrected chi connectivity index (χ4v) is 17.5. The molecule has 22 rings (SSSR count). The lowest BCUT2D eigenvalue weighted by Gasteiger charge is -2.20. The number of hydrogen-bond acceptors (Lipinski definition) is 8. The van der Waals surface area contributed by atoms with Crippen LogP contribution < -0.4 is 0 Å². The van der Waals surface area contributed by atoms with Crippen molar-refractivity contribution in [3.05, 3.63) is 377 Å². The van der Waals surface area contributed by atoms with Crippen LogP contribution in [0.1, 0.15) is 0 Å². The van der Waals surface area contributed by atoms with Gasteiger partial charge in [0.1, 0.15) is 0 Å². The molecule has 0 saturated carbocycles. The summed E-state index contributed by atoms with van der Waals surface area (Å²) in [5, 5.41) is 9.34. The summed E-state index contributed by atoms with van der Waals surface area (Å²) >= 11 is 0. The van der Waals surface area contributed by atoms with Gasteiger partial charge in [-0.15, -0.1) is 0 Å². The standard InChI is InChI=1S/C104H62N8/c1-6-25-64(26-7-1)89-77-40-16-18-42-79(77)91(66-29-10-3-11-30-66)97-87-54-52-83(81-44-22-46-85(93(81)87)95(89)97)103-109-99(68-33-14-5-15-34-68)107-101(111-103)72-37-20-35-70(57-72)75-59-76(62-106-61-75)71-36-21-38-73(58-71)102-108-100(69-50-48-63(49-51-69)74-39-24-56-105-60-74)110-104(112-102)84-53-55-88-94-82(84)45-23-47-86(94)96-90(65-27-8-2-9-28-65)78-41-17-19-43-80(78)92(98(88)96)67-31-12-4-13-32-67/h1-62H. The number of rotatable bonds is 13. The van der Waals surface area contributed by atoms with Crippen molar-refractivity contribution in [2.45, 2.75) is 0 Å². The zero-order chi connectivity index (χ0) is 73.7. The summed E-state index contributed by atoms with van der Waals surface area (Å²) in [5.74, 6) is 3.41. The van der Waals surface area contributed by atoms with Crippen molar-refractivity contribution in [3.63, 3.8) is 0 Å². The van der Waals surface area contributed by atoms with E-state index >= 15 is 0 Å². The summed E-state index contributed by atoms with van der Waals surface area (Å²) in [6, 6.07) is 125. The van der Waals surface area contributed by atoms with Crippen LogP contribution in [0.4, 0.5) is 0 Å². The van der Waals surface area contributed by atoms with Crippen LogP contribution in [-0.2, 0) is 0 Å². The van der Waals surface area contributed by atoms with E-state index < -0.39 is 0 Å². The number of aromatic nitrogens is 8. The summed E-state index contributed by atoms with van der Waals surface area (Å²) < 4.78 is 0. The smallest absolute Gasteiger partial charge is 0.164 e. The second kappa shape index (κ2) is 26.4. The maximum absolute atomic E-state index is 5.52. The van der Waals surface area contributed by atoms with Crippen LogP contribution >= 0.6 is 0 Å². The van der Waals surface area contributed by atoms with Crippen LogP contribution in [-0.4, -0.2) is 39.9 Å². The van der Waals surface area contributed by atoms with Crippen molar-refractivity contribution in [1.29, 1.82) is 0 Å². The molecule has 4 heterocycles. The van der Waals surface area contributed by atoms with Crippen molar-refractivity contribution in [3.8, 4) is 191 Å². The van der Waals surface area contributed by atoms with Crippen LogP contribution in [0, 0.1) is 0 Å². The van der Waals surface area contributed by atoms with E-state index in [-0.39, 0.29) is 0 Å². The highest BCUT2D eigenvalue weighted by Crippen LogP contribution is 2.61. The first-order chi connectivity index (χ1) is 55.6. The van der Waals surface area contributed by atoms with E-state index in [1.165, 1.54) is 121 Å². The van der Waals surface area contributed by atoms with E-state index in [2.05, 4.69) is 333 Å². The molecule has 0 spiro atoms. The summed E-state index contributed by atoms with van der Waals surface area (Å²) in [6.45, 7) is 0. The number of fused-ring (bicyclic) bond motifs is 8. The SMILES string of the molecule is c1ccc(-c2nc(-c3cccc(-c4cncc(-c5cccc(-c6nc(-c7ccc(-c8cccnc8)cc7)nc(-c7ccc8c9c(cccc79)-c7c-8c(-c8ccccc8)c8ccccc8c7-c7ccccc7)n6)c5)c4)c3)nc(-c3ccc4c5c(cccc35)-c3c-4c(-c4ccccc4)c4ccccc4c3-c3ccccc3)n2)cc1. The third kappa shape index (κ3) is 10.6. The van der Waals surface area contributed by atoms with Crippen LogP contribution in [0.2, 0.25) is 0 Å². The van der Waals surface area contributed by atoms with Crippen LogP contribution in [0.25, 0.3) is 234 Å². The van der Waals surface area contributed by atoms with E-state index in [1.54, 1.807) is 6.20 Å². The van der Waals surface area contributed by atoms with Crippen LogP contribution in [0.15, 0.2) is 377 Å². The zero-order valence-electron chi connectivity index (χ0n) is 60.4. The Morgan fingerprint density at radius 1 is 0.143 bits per heavy atom. The Morgan fingerprint density at radius 2 is 0.420 bits per heavy atom. The Labute approximate surface area is 646 Å². The highest BCUT2D eigenvalue weighted by molar-refractivity contribution is 6.30. The molecule has 0 amide bonds. The lowest BCUT2D eigenvalue weighted by Crippen LogP contribution is -2.01. The Hall–Kier alpha value is -15.1. The molecule has 2 aliphatic carbocycles. The molecule has 0 aliphatic heterocycles. The molecular formula is C104H62N8. The topological polar surface area (TPSA) is 103 Å². The van der Waals surface area contributed by atoms with Crippen molar-refractivity contribution in [2.75, 3.05) is 0 Å². The van der Waals surface area contributed by atoms with Crippen molar-refractivity contribution >= 4 is 43.1 Å². The molecule has 16 aromatic carbocycles. The number of benzene rings is 16. The van der Waals surface area contributed by atoms with Gasteiger partial charge in [0.2, 0.25) is 0 Å². The number of nitrogens with zero attached hydrogens (tertiary/aromatic N) is 8. The molecule has 0 N–H and O–H groups in total. The molecule has 0 radical (unpaired) electrons. The highest BCUT2D eigenvalue weighted by Gasteiger charge is 2.34. The fourth-order valence-electron chi connectivity index (χ4n) is 17.5. The second-order valence-corrected chi connectivity index (χ2v) is 28.8. The largest absolute Gasteiger partial charge is 0.264 e. The predicted molar refractivity (Wildman–Crippen MR) is 458 cm³/mol. The van der Waals surface area contributed by atoms with Gasteiger partial charge in [-0.2, -0.15) is 0 Å². The first kappa shape index (κ1) is 64.1. The molecule has 518 valence electrons. The average Bonchev–Trinajstić information content (AvgIpc) is 1.55. The van der Waals surface area contributed by atoms with Gasteiger partial charge in [0.25, 0.3) is 0 Å². The molecule has 112 heavy (non-hydrogen) atoms. The van der Waals surface area contributed by atoms with Gasteiger partial charge in [0.15, 0.2) is 34.9 Å².